The van der Waals surface area contributed by atoms with Crippen LogP contribution in [0.15, 0.2) is 18.2 Å². The number of nitrogens with one attached hydrogen (secondary N) is 1. The fraction of sp³-hybridized carbons (Fsp3) is 0.611. The zero-order valence-corrected chi connectivity index (χ0v) is 13.7. The zero-order chi connectivity index (χ0) is 15.5. The zero-order valence-electron chi connectivity index (χ0n) is 13.7. The normalized spacial score (nSPS) is 16.8. The first-order valence-electron chi connectivity index (χ1n) is 7.87. The van der Waals surface area contributed by atoms with Crippen molar-refractivity contribution in [3.63, 3.8) is 0 Å². The summed E-state index contributed by atoms with van der Waals surface area (Å²) in [5.41, 5.74) is 3.02. The van der Waals surface area contributed by atoms with Gasteiger partial charge in [-0.3, -0.25) is 4.79 Å². The Morgan fingerprint density at radius 2 is 1.95 bits per heavy atom. The van der Waals surface area contributed by atoms with E-state index in [1.807, 2.05) is 27.7 Å². The highest BCUT2D eigenvalue weighted by Crippen LogP contribution is 2.29. The van der Waals surface area contributed by atoms with Crippen molar-refractivity contribution in [2.45, 2.75) is 52.6 Å². The molecule has 0 unspecified atom stereocenters. The van der Waals surface area contributed by atoms with E-state index >= 15 is 0 Å². The summed E-state index contributed by atoms with van der Waals surface area (Å²) in [5.74, 6) is 0.327. The van der Waals surface area contributed by atoms with Crippen LogP contribution in [0.5, 0.6) is 0 Å². The van der Waals surface area contributed by atoms with Crippen LogP contribution in [0, 0.1) is 19.8 Å². The van der Waals surface area contributed by atoms with Crippen molar-refractivity contribution in [3.05, 3.63) is 34.9 Å². The fourth-order valence-electron chi connectivity index (χ4n) is 3.08. The molecular weight excluding hydrogens is 262 g/mol. The third-order valence-electron chi connectivity index (χ3n) is 4.54. The lowest BCUT2D eigenvalue weighted by Gasteiger charge is -2.36. The molecule has 1 heterocycles. The molecule has 0 amide bonds. The number of rotatable bonds is 4. The molecule has 1 fully saturated rings. The highest BCUT2D eigenvalue weighted by Gasteiger charge is 2.34. The van der Waals surface area contributed by atoms with Crippen LogP contribution >= 0.6 is 0 Å². The molecule has 1 aromatic carbocycles. The molecule has 21 heavy (non-hydrogen) atoms. The second kappa shape index (κ2) is 6.61. The van der Waals surface area contributed by atoms with E-state index in [0.717, 1.165) is 37.1 Å². The predicted octanol–water partition coefficient (Wildman–Crippen LogP) is 3.17. The molecule has 0 spiro atoms. The van der Waals surface area contributed by atoms with E-state index in [9.17, 15) is 4.79 Å². The quantitative estimate of drug-likeness (QED) is 0.865. The van der Waals surface area contributed by atoms with E-state index in [2.05, 4.69) is 23.5 Å². The van der Waals surface area contributed by atoms with Gasteiger partial charge in [0.2, 0.25) is 0 Å². The van der Waals surface area contributed by atoms with Crippen molar-refractivity contribution in [2.75, 3.05) is 13.1 Å². The van der Waals surface area contributed by atoms with Crippen LogP contribution in [0.4, 0.5) is 0 Å². The molecular formula is C18H27NO2. The Balaban J connectivity index is 1.98. The number of ether oxygens (including phenoxy) is 1. The minimum Gasteiger partial charge on any atom is -0.459 e. The van der Waals surface area contributed by atoms with Gasteiger partial charge in [0.15, 0.2) is 0 Å². The molecule has 1 aliphatic rings. The third-order valence-corrected chi connectivity index (χ3v) is 4.54. The van der Waals surface area contributed by atoms with Gasteiger partial charge >= 0.3 is 5.97 Å². The average Bonchev–Trinajstić information content (AvgIpc) is 2.43. The highest BCUT2D eigenvalue weighted by atomic mass is 16.6. The summed E-state index contributed by atoms with van der Waals surface area (Å²) in [6, 6.07) is 6.22. The highest BCUT2D eigenvalue weighted by molar-refractivity contribution is 5.73. The second-order valence-electron chi connectivity index (χ2n) is 6.71. The second-order valence-corrected chi connectivity index (χ2v) is 6.71. The smallest absolute Gasteiger partial charge is 0.310 e. The molecule has 1 N–H and O–H groups in total. The van der Waals surface area contributed by atoms with Crippen LogP contribution in [0.2, 0.25) is 0 Å². The van der Waals surface area contributed by atoms with Gasteiger partial charge in [-0.2, -0.15) is 0 Å². The van der Waals surface area contributed by atoms with Gasteiger partial charge < -0.3 is 10.1 Å². The topological polar surface area (TPSA) is 38.3 Å². The number of hydrogen-bond acceptors (Lipinski definition) is 3. The van der Waals surface area contributed by atoms with Gasteiger partial charge in [-0.05, 0) is 64.8 Å². The van der Waals surface area contributed by atoms with Gasteiger partial charge in [0.05, 0.1) is 6.42 Å². The van der Waals surface area contributed by atoms with Crippen molar-refractivity contribution in [2.24, 2.45) is 5.92 Å². The van der Waals surface area contributed by atoms with E-state index in [1.54, 1.807) is 0 Å². The molecule has 3 heteroatoms. The van der Waals surface area contributed by atoms with Crippen molar-refractivity contribution in [1.82, 2.24) is 5.32 Å². The third kappa shape index (κ3) is 4.31. The Bertz CT molecular complexity index is 502. The lowest BCUT2D eigenvalue weighted by molar-refractivity contribution is -0.161. The molecule has 1 aromatic rings. The summed E-state index contributed by atoms with van der Waals surface area (Å²) in [5, 5.41) is 3.35. The molecule has 1 saturated heterocycles. The molecule has 3 nitrogen and oxygen atoms in total. The van der Waals surface area contributed by atoms with Crippen LogP contribution in [-0.4, -0.2) is 24.7 Å². The van der Waals surface area contributed by atoms with Crippen LogP contribution in [0.1, 0.15) is 43.4 Å². The first-order valence-corrected chi connectivity index (χ1v) is 7.87. The lowest BCUT2D eigenvalue weighted by atomic mass is 9.83. The summed E-state index contributed by atoms with van der Waals surface area (Å²) in [4.78, 5) is 12.3. The van der Waals surface area contributed by atoms with E-state index in [-0.39, 0.29) is 11.6 Å². The van der Waals surface area contributed by atoms with Crippen LogP contribution in [0.25, 0.3) is 0 Å². The first kappa shape index (κ1) is 16.0. The van der Waals surface area contributed by atoms with Crippen molar-refractivity contribution >= 4 is 5.97 Å². The Morgan fingerprint density at radius 3 is 2.62 bits per heavy atom. The van der Waals surface area contributed by atoms with Gasteiger partial charge in [0.25, 0.3) is 0 Å². The number of carbonyl (C=O) groups is 1. The first-order chi connectivity index (χ1) is 9.88. The molecule has 0 bridgehead atoms. The molecule has 0 saturated carbocycles. The van der Waals surface area contributed by atoms with Gasteiger partial charge in [-0.15, -0.1) is 0 Å². The number of aryl methyl sites for hydroxylation is 2. The maximum Gasteiger partial charge on any atom is 0.310 e. The van der Waals surface area contributed by atoms with Gasteiger partial charge in [-0.25, -0.2) is 0 Å². The minimum absolute atomic E-state index is 0.118. The minimum atomic E-state index is -0.378. The van der Waals surface area contributed by atoms with Crippen molar-refractivity contribution < 1.29 is 9.53 Å². The summed E-state index contributed by atoms with van der Waals surface area (Å²) < 4.78 is 5.81. The SMILES string of the molecule is Cc1ccc(C)c(CC(=O)OC(C)(C)C2CCNCC2)c1. The number of benzene rings is 1. The summed E-state index contributed by atoms with van der Waals surface area (Å²) >= 11 is 0. The van der Waals surface area contributed by atoms with Crippen LogP contribution in [0.3, 0.4) is 0 Å². The van der Waals surface area contributed by atoms with Crippen molar-refractivity contribution in [1.29, 1.82) is 0 Å². The molecule has 116 valence electrons. The molecule has 0 atom stereocenters. The molecule has 0 aliphatic carbocycles. The van der Waals surface area contributed by atoms with Crippen LogP contribution < -0.4 is 5.32 Å². The van der Waals surface area contributed by atoms with Gasteiger partial charge in [-0.1, -0.05) is 23.8 Å². The summed E-state index contributed by atoms with van der Waals surface area (Å²) in [7, 11) is 0. The van der Waals surface area contributed by atoms with E-state index in [4.69, 9.17) is 4.74 Å². The van der Waals surface area contributed by atoms with Crippen LogP contribution in [-0.2, 0) is 16.0 Å². The number of piperidine rings is 1. The Labute approximate surface area is 128 Å². The Kier molecular flexibility index (Phi) is 5.04. The maximum atomic E-state index is 12.3. The largest absolute Gasteiger partial charge is 0.459 e. The number of hydrogen-bond donors (Lipinski definition) is 1. The molecule has 1 aliphatic heterocycles. The van der Waals surface area contributed by atoms with Crippen molar-refractivity contribution in [3.8, 4) is 0 Å². The van der Waals surface area contributed by atoms with E-state index in [0.29, 0.717) is 12.3 Å². The van der Waals surface area contributed by atoms with E-state index < -0.39 is 0 Å². The summed E-state index contributed by atoms with van der Waals surface area (Å²) in [6.07, 6.45) is 2.51. The molecule has 0 radical (unpaired) electrons. The molecule has 0 aromatic heterocycles. The number of carbonyl (C=O) groups excluding carboxylic acids is 1. The Hall–Kier alpha value is -1.35. The maximum absolute atomic E-state index is 12.3. The van der Waals surface area contributed by atoms with E-state index in [1.165, 1.54) is 5.56 Å². The van der Waals surface area contributed by atoms with Gasteiger partial charge in [0, 0.05) is 5.92 Å². The summed E-state index contributed by atoms with van der Waals surface area (Å²) in [6.45, 7) is 10.2. The lowest BCUT2D eigenvalue weighted by Crippen LogP contribution is -2.43. The Morgan fingerprint density at radius 1 is 1.29 bits per heavy atom. The van der Waals surface area contributed by atoms with Gasteiger partial charge in [0.1, 0.15) is 5.60 Å². The fourth-order valence-corrected chi connectivity index (χ4v) is 3.08. The standard InChI is InChI=1S/C18H27NO2/c1-13-5-6-14(2)15(11-13)12-17(20)21-18(3,4)16-7-9-19-10-8-16/h5-6,11,16,19H,7-10,12H2,1-4H3. The number of esters is 1. The predicted molar refractivity (Wildman–Crippen MR) is 85.4 cm³/mol. The average molecular weight is 289 g/mol. The molecule has 2 rings (SSSR count). The monoisotopic (exact) mass is 289 g/mol.